The molecule has 0 radical (unpaired) electrons. The molecule has 0 aromatic carbocycles. The zero-order chi connectivity index (χ0) is 13.6. The van der Waals surface area contributed by atoms with Gasteiger partial charge in [0.2, 0.25) is 0 Å². The zero-order valence-corrected chi connectivity index (χ0v) is 10.9. The molecule has 2 aromatic rings. The van der Waals surface area contributed by atoms with Crippen molar-refractivity contribution in [2.45, 2.75) is 6.54 Å². The molecule has 0 N–H and O–H groups in total. The molecule has 0 amide bonds. The van der Waals surface area contributed by atoms with Crippen LogP contribution in [0.15, 0.2) is 78.8 Å². The Bertz CT molecular complexity index is 690. The fourth-order valence-electron chi connectivity index (χ4n) is 1.90. The number of hydrogen-bond acceptors (Lipinski definition) is 3. The Morgan fingerprint density at radius 1 is 0.950 bits per heavy atom. The molecule has 20 heavy (non-hydrogen) atoms. The third-order valence-corrected chi connectivity index (χ3v) is 2.85. The minimum Gasteiger partial charge on any atom is -0.268 e. The highest BCUT2D eigenvalue weighted by atomic mass is 15.3. The minimum atomic E-state index is 0.649. The van der Waals surface area contributed by atoms with Crippen molar-refractivity contribution in [3.63, 3.8) is 0 Å². The maximum Gasteiger partial charge on any atom is 0.179 e. The quantitative estimate of drug-likeness (QED) is 0.854. The van der Waals surface area contributed by atoms with E-state index in [4.69, 9.17) is 0 Å². The molecule has 4 nitrogen and oxygen atoms in total. The van der Waals surface area contributed by atoms with Crippen LogP contribution in [-0.4, -0.2) is 19.7 Å². The van der Waals surface area contributed by atoms with Crippen LogP contribution in [0.1, 0.15) is 0 Å². The summed E-state index contributed by atoms with van der Waals surface area (Å²) >= 11 is 0. The molecular formula is C16H14N4. The van der Waals surface area contributed by atoms with Gasteiger partial charge in [-0.3, -0.25) is 4.68 Å². The van der Waals surface area contributed by atoms with Gasteiger partial charge < -0.3 is 0 Å². The van der Waals surface area contributed by atoms with Crippen LogP contribution < -0.4 is 0 Å². The fraction of sp³-hybridized carbons (Fsp3) is 0.0625. The predicted octanol–water partition coefficient (Wildman–Crippen LogP) is 2.95. The number of hydrogen-bond donors (Lipinski definition) is 0. The topological polar surface area (TPSA) is 43.6 Å². The van der Waals surface area contributed by atoms with E-state index in [-0.39, 0.29) is 0 Å². The van der Waals surface area contributed by atoms with Gasteiger partial charge in [-0.2, -0.15) is 5.10 Å². The molecule has 0 aliphatic heterocycles. The maximum atomic E-state index is 4.50. The maximum absolute atomic E-state index is 4.50. The van der Waals surface area contributed by atoms with E-state index in [0.29, 0.717) is 5.82 Å². The second-order valence-electron chi connectivity index (χ2n) is 4.34. The number of nitrogens with zero attached hydrogens (tertiary/aromatic N) is 4. The summed E-state index contributed by atoms with van der Waals surface area (Å²) in [6, 6.07) is 3.72. The smallest absolute Gasteiger partial charge is 0.179 e. The van der Waals surface area contributed by atoms with E-state index in [9.17, 15) is 0 Å². The number of allylic oxidation sites excluding steroid dienone is 8. The molecule has 0 fully saturated rings. The van der Waals surface area contributed by atoms with Crippen LogP contribution in [0.25, 0.3) is 11.5 Å². The summed E-state index contributed by atoms with van der Waals surface area (Å²) in [4.78, 5) is 8.40. The van der Waals surface area contributed by atoms with Crippen molar-refractivity contribution in [2.75, 3.05) is 0 Å². The first kappa shape index (κ1) is 12.3. The van der Waals surface area contributed by atoms with E-state index in [1.54, 1.807) is 18.5 Å². The largest absolute Gasteiger partial charge is 0.268 e. The Kier molecular flexibility index (Phi) is 3.64. The summed E-state index contributed by atoms with van der Waals surface area (Å²) in [6.07, 6.45) is 19.6. The third-order valence-electron chi connectivity index (χ3n) is 2.85. The van der Waals surface area contributed by atoms with Gasteiger partial charge in [0, 0.05) is 18.6 Å². The van der Waals surface area contributed by atoms with Crippen LogP contribution in [-0.2, 0) is 6.54 Å². The highest BCUT2D eigenvalue weighted by Gasteiger charge is 2.04. The van der Waals surface area contributed by atoms with Crippen LogP contribution in [0.5, 0.6) is 0 Å². The van der Waals surface area contributed by atoms with Gasteiger partial charge in [0.25, 0.3) is 0 Å². The van der Waals surface area contributed by atoms with Gasteiger partial charge in [-0.25, -0.2) is 9.97 Å². The Labute approximate surface area is 117 Å². The van der Waals surface area contributed by atoms with Gasteiger partial charge in [-0.1, -0.05) is 42.5 Å². The first-order chi connectivity index (χ1) is 9.92. The van der Waals surface area contributed by atoms with E-state index in [0.717, 1.165) is 12.2 Å². The van der Waals surface area contributed by atoms with Gasteiger partial charge in [0.15, 0.2) is 5.82 Å². The Morgan fingerprint density at radius 2 is 1.75 bits per heavy atom. The van der Waals surface area contributed by atoms with Crippen molar-refractivity contribution in [1.29, 1.82) is 0 Å². The second kappa shape index (κ2) is 5.93. The van der Waals surface area contributed by atoms with Crippen molar-refractivity contribution in [3.8, 4) is 11.5 Å². The number of rotatable bonds is 3. The molecule has 2 aromatic heterocycles. The molecular weight excluding hydrogens is 248 g/mol. The molecule has 98 valence electrons. The lowest BCUT2D eigenvalue weighted by molar-refractivity contribution is 0.687. The monoisotopic (exact) mass is 262 g/mol. The summed E-state index contributed by atoms with van der Waals surface area (Å²) in [5.41, 5.74) is 1.98. The van der Waals surface area contributed by atoms with Gasteiger partial charge in [-0.05, 0) is 17.7 Å². The zero-order valence-electron chi connectivity index (χ0n) is 10.9. The Hall–Kier alpha value is -2.75. The van der Waals surface area contributed by atoms with E-state index in [1.165, 1.54) is 5.57 Å². The predicted molar refractivity (Wildman–Crippen MR) is 78.8 cm³/mol. The lowest BCUT2D eigenvalue weighted by atomic mass is 10.2. The van der Waals surface area contributed by atoms with Crippen molar-refractivity contribution in [3.05, 3.63) is 78.8 Å². The summed E-state index contributed by atoms with van der Waals surface area (Å²) in [7, 11) is 0. The van der Waals surface area contributed by atoms with Crippen molar-refractivity contribution in [2.24, 2.45) is 0 Å². The highest BCUT2D eigenvalue weighted by molar-refractivity contribution is 5.47. The molecule has 0 bridgehead atoms. The fourth-order valence-corrected chi connectivity index (χ4v) is 1.90. The van der Waals surface area contributed by atoms with Gasteiger partial charge >= 0.3 is 0 Å². The summed E-state index contributed by atoms with van der Waals surface area (Å²) in [6.45, 7) is 0.724. The molecule has 3 rings (SSSR count). The van der Waals surface area contributed by atoms with Crippen LogP contribution >= 0.6 is 0 Å². The van der Waals surface area contributed by atoms with Crippen molar-refractivity contribution < 1.29 is 0 Å². The average molecular weight is 262 g/mol. The SMILES string of the molecule is C1=CC=CC(Cn2ccc(-c3ncccn3)n2)=CC=C1. The van der Waals surface area contributed by atoms with E-state index < -0.39 is 0 Å². The van der Waals surface area contributed by atoms with Crippen LogP contribution in [0.2, 0.25) is 0 Å². The molecule has 2 heterocycles. The highest BCUT2D eigenvalue weighted by Crippen LogP contribution is 2.12. The van der Waals surface area contributed by atoms with Gasteiger partial charge in [0.1, 0.15) is 5.69 Å². The number of aromatic nitrogens is 4. The molecule has 0 atom stereocenters. The standard InChI is InChI=1S/C16H14N4/c1-2-4-7-14(8-5-3-1)13-20-12-9-15(19-20)16-17-10-6-11-18-16/h1-12H,13H2. The summed E-state index contributed by atoms with van der Waals surface area (Å²) < 4.78 is 1.89. The average Bonchev–Trinajstić information content (AvgIpc) is 2.91. The molecule has 0 saturated heterocycles. The van der Waals surface area contributed by atoms with Crippen molar-refractivity contribution >= 4 is 0 Å². The molecule has 0 saturated carbocycles. The lowest BCUT2D eigenvalue weighted by Crippen LogP contribution is -2.01. The summed E-state index contributed by atoms with van der Waals surface area (Å²) in [5, 5.41) is 4.50. The second-order valence-corrected chi connectivity index (χ2v) is 4.34. The first-order valence-electron chi connectivity index (χ1n) is 6.43. The normalized spacial score (nSPS) is 13.9. The Morgan fingerprint density at radius 3 is 2.65 bits per heavy atom. The Balaban J connectivity index is 1.78. The summed E-state index contributed by atoms with van der Waals surface area (Å²) in [5.74, 6) is 0.649. The van der Waals surface area contributed by atoms with Crippen LogP contribution in [0, 0.1) is 0 Å². The van der Waals surface area contributed by atoms with Crippen LogP contribution in [0.4, 0.5) is 0 Å². The molecule has 4 heteroatoms. The van der Waals surface area contributed by atoms with Gasteiger partial charge in [-0.15, -0.1) is 0 Å². The van der Waals surface area contributed by atoms with E-state index in [1.807, 2.05) is 47.3 Å². The minimum absolute atomic E-state index is 0.649. The first-order valence-corrected chi connectivity index (χ1v) is 6.43. The van der Waals surface area contributed by atoms with E-state index in [2.05, 4.69) is 27.2 Å². The third kappa shape index (κ3) is 2.98. The lowest BCUT2D eigenvalue weighted by Gasteiger charge is -2.02. The van der Waals surface area contributed by atoms with Gasteiger partial charge in [0.05, 0.1) is 6.54 Å². The molecule has 0 unspecified atom stereocenters. The van der Waals surface area contributed by atoms with E-state index >= 15 is 0 Å². The molecule has 1 aliphatic carbocycles. The van der Waals surface area contributed by atoms with Crippen molar-refractivity contribution in [1.82, 2.24) is 19.7 Å². The molecule has 0 spiro atoms. The van der Waals surface area contributed by atoms with Crippen LogP contribution in [0.3, 0.4) is 0 Å². The molecule has 1 aliphatic rings.